The third kappa shape index (κ3) is 7.84. The summed E-state index contributed by atoms with van der Waals surface area (Å²) in [5.74, 6) is 0.199. The van der Waals surface area contributed by atoms with Crippen LogP contribution in [0.4, 0.5) is 0 Å². The molecule has 1 atom stereocenters. The van der Waals surface area contributed by atoms with Gasteiger partial charge in [0.25, 0.3) is 0 Å². The zero-order valence-corrected chi connectivity index (χ0v) is 7.59. The molecule has 4 nitrogen and oxygen atoms in total. The second-order valence-electron chi connectivity index (χ2n) is 2.40. The van der Waals surface area contributed by atoms with E-state index < -0.39 is 12.1 Å². The van der Waals surface area contributed by atoms with Gasteiger partial charge in [-0.3, -0.25) is 4.79 Å². The van der Waals surface area contributed by atoms with E-state index in [0.717, 1.165) is 5.75 Å². The Morgan fingerprint density at radius 1 is 1.50 bits per heavy atom. The fourth-order valence-electron chi connectivity index (χ4n) is 0.646. The Morgan fingerprint density at radius 3 is 2.67 bits per heavy atom. The summed E-state index contributed by atoms with van der Waals surface area (Å²) in [6.45, 7) is 0.141. The van der Waals surface area contributed by atoms with Crippen molar-refractivity contribution in [1.82, 2.24) is 0 Å². The van der Waals surface area contributed by atoms with Crippen molar-refractivity contribution in [2.24, 2.45) is 0 Å². The van der Waals surface area contributed by atoms with E-state index in [4.69, 9.17) is 15.3 Å². The van der Waals surface area contributed by atoms with Gasteiger partial charge in [0.15, 0.2) is 0 Å². The number of hydrogen-bond donors (Lipinski definition) is 3. The van der Waals surface area contributed by atoms with Crippen LogP contribution in [0.1, 0.15) is 12.8 Å². The number of carboxylic acids is 1. The molecule has 1 unspecified atom stereocenters. The second-order valence-corrected chi connectivity index (χ2v) is 3.55. The Kier molecular flexibility index (Phi) is 7.23. The number of thioether (sulfide) groups is 1. The molecule has 0 aromatic heterocycles. The Bertz CT molecular complexity index is 129. The van der Waals surface area contributed by atoms with Crippen molar-refractivity contribution in [1.29, 1.82) is 0 Å². The maximum absolute atomic E-state index is 10.1. The lowest BCUT2D eigenvalue weighted by Gasteiger charge is -2.06. The number of aliphatic hydroxyl groups excluding tert-OH is 2. The topological polar surface area (TPSA) is 77.8 Å². The van der Waals surface area contributed by atoms with Crippen molar-refractivity contribution in [3.05, 3.63) is 0 Å². The van der Waals surface area contributed by atoms with Gasteiger partial charge >= 0.3 is 5.97 Å². The molecule has 0 aliphatic heterocycles. The van der Waals surface area contributed by atoms with Crippen LogP contribution in [-0.4, -0.2) is 45.5 Å². The maximum Gasteiger partial charge on any atom is 0.306 e. The predicted molar refractivity (Wildman–Crippen MR) is 47.3 cm³/mol. The van der Waals surface area contributed by atoms with Crippen LogP contribution < -0.4 is 0 Å². The fourth-order valence-corrected chi connectivity index (χ4v) is 1.54. The SMILES string of the molecule is O=C(O)CC(O)CSCCCO. The Morgan fingerprint density at radius 2 is 2.17 bits per heavy atom. The quantitative estimate of drug-likeness (QED) is 0.495. The van der Waals surface area contributed by atoms with E-state index >= 15 is 0 Å². The summed E-state index contributed by atoms with van der Waals surface area (Å²) in [4.78, 5) is 10.1. The molecule has 0 aromatic carbocycles. The van der Waals surface area contributed by atoms with Gasteiger partial charge in [-0.2, -0.15) is 11.8 Å². The number of carbonyl (C=O) groups is 1. The minimum absolute atomic E-state index is 0.141. The lowest BCUT2D eigenvalue weighted by molar-refractivity contribution is -0.138. The third-order valence-corrected chi connectivity index (χ3v) is 2.37. The lowest BCUT2D eigenvalue weighted by Crippen LogP contribution is -2.15. The molecular weight excluding hydrogens is 180 g/mol. The van der Waals surface area contributed by atoms with Crippen LogP contribution in [0.25, 0.3) is 0 Å². The zero-order valence-electron chi connectivity index (χ0n) is 6.77. The van der Waals surface area contributed by atoms with Gasteiger partial charge in [0.1, 0.15) is 0 Å². The van der Waals surface area contributed by atoms with E-state index in [1.165, 1.54) is 11.8 Å². The molecule has 0 bridgehead atoms. The van der Waals surface area contributed by atoms with Crippen LogP contribution in [0.5, 0.6) is 0 Å². The van der Waals surface area contributed by atoms with Crippen molar-refractivity contribution in [3.63, 3.8) is 0 Å². The van der Waals surface area contributed by atoms with Crippen LogP contribution in [0.3, 0.4) is 0 Å². The van der Waals surface area contributed by atoms with E-state index in [9.17, 15) is 4.79 Å². The minimum Gasteiger partial charge on any atom is -0.481 e. The van der Waals surface area contributed by atoms with Gasteiger partial charge in [-0.25, -0.2) is 0 Å². The first kappa shape index (κ1) is 11.7. The van der Waals surface area contributed by atoms with E-state index in [1.807, 2.05) is 0 Å². The number of aliphatic hydroxyl groups is 2. The molecule has 0 radical (unpaired) electrons. The Balaban J connectivity index is 3.19. The molecule has 0 saturated carbocycles. The number of rotatable bonds is 7. The molecule has 0 amide bonds. The molecule has 0 aliphatic rings. The van der Waals surface area contributed by atoms with Gasteiger partial charge in [-0.15, -0.1) is 0 Å². The van der Waals surface area contributed by atoms with E-state index in [0.29, 0.717) is 12.2 Å². The predicted octanol–water partition coefficient (Wildman–Crippen LogP) is -0.0624. The molecule has 0 aliphatic carbocycles. The third-order valence-electron chi connectivity index (χ3n) is 1.17. The van der Waals surface area contributed by atoms with Crippen molar-refractivity contribution in [2.45, 2.75) is 18.9 Å². The molecule has 72 valence electrons. The number of carboxylic acid groups (broad SMARTS) is 1. The van der Waals surface area contributed by atoms with Gasteiger partial charge in [0.05, 0.1) is 12.5 Å². The highest BCUT2D eigenvalue weighted by Gasteiger charge is 2.08. The highest BCUT2D eigenvalue weighted by Crippen LogP contribution is 2.06. The molecule has 0 fully saturated rings. The molecule has 0 heterocycles. The van der Waals surface area contributed by atoms with Crippen LogP contribution in [-0.2, 0) is 4.79 Å². The van der Waals surface area contributed by atoms with Crippen molar-refractivity contribution < 1.29 is 20.1 Å². The highest BCUT2D eigenvalue weighted by atomic mass is 32.2. The lowest BCUT2D eigenvalue weighted by atomic mass is 10.3. The van der Waals surface area contributed by atoms with Crippen LogP contribution in [0, 0.1) is 0 Å². The average molecular weight is 194 g/mol. The summed E-state index contributed by atoms with van der Waals surface area (Å²) in [7, 11) is 0. The molecule has 0 rings (SSSR count). The maximum atomic E-state index is 10.1. The molecule has 3 N–H and O–H groups in total. The van der Waals surface area contributed by atoms with Gasteiger partial charge in [0, 0.05) is 12.4 Å². The van der Waals surface area contributed by atoms with Gasteiger partial charge in [-0.1, -0.05) is 0 Å². The largest absolute Gasteiger partial charge is 0.481 e. The minimum atomic E-state index is -0.981. The second kappa shape index (κ2) is 7.39. The van der Waals surface area contributed by atoms with Crippen molar-refractivity contribution >= 4 is 17.7 Å². The normalized spacial score (nSPS) is 12.8. The highest BCUT2D eigenvalue weighted by molar-refractivity contribution is 7.99. The van der Waals surface area contributed by atoms with Crippen LogP contribution in [0.2, 0.25) is 0 Å². The molecule has 0 saturated heterocycles. The summed E-state index contributed by atoms with van der Waals surface area (Å²) >= 11 is 1.45. The first-order chi connectivity index (χ1) is 5.66. The first-order valence-electron chi connectivity index (χ1n) is 3.75. The monoisotopic (exact) mass is 194 g/mol. The molecule has 12 heavy (non-hydrogen) atoms. The van der Waals surface area contributed by atoms with Crippen molar-refractivity contribution in [3.8, 4) is 0 Å². The van der Waals surface area contributed by atoms with Crippen LogP contribution in [0.15, 0.2) is 0 Å². The fraction of sp³-hybridized carbons (Fsp3) is 0.857. The number of aliphatic carboxylic acids is 1. The van der Waals surface area contributed by atoms with E-state index in [-0.39, 0.29) is 13.0 Å². The van der Waals surface area contributed by atoms with E-state index in [2.05, 4.69) is 0 Å². The Hall–Kier alpha value is -0.260. The number of hydrogen-bond acceptors (Lipinski definition) is 4. The Labute approximate surface area is 75.6 Å². The molecular formula is C7H14O4S. The summed E-state index contributed by atoms with van der Waals surface area (Å²) in [5.41, 5.74) is 0. The van der Waals surface area contributed by atoms with Crippen molar-refractivity contribution in [2.75, 3.05) is 18.1 Å². The van der Waals surface area contributed by atoms with Gasteiger partial charge in [0.2, 0.25) is 0 Å². The van der Waals surface area contributed by atoms with Crippen LogP contribution >= 0.6 is 11.8 Å². The summed E-state index contributed by atoms with van der Waals surface area (Å²) in [6.07, 6.45) is -0.289. The van der Waals surface area contributed by atoms with E-state index in [1.54, 1.807) is 0 Å². The summed E-state index contributed by atoms with van der Waals surface area (Å²) in [6, 6.07) is 0. The molecule has 0 spiro atoms. The molecule has 5 heteroatoms. The standard InChI is InChI=1S/C7H14O4S/c8-2-1-3-12-5-6(9)4-7(10)11/h6,8-9H,1-5H2,(H,10,11). The van der Waals surface area contributed by atoms with Gasteiger partial charge in [-0.05, 0) is 12.2 Å². The first-order valence-corrected chi connectivity index (χ1v) is 4.90. The summed E-state index contributed by atoms with van der Waals surface area (Å²) < 4.78 is 0. The average Bonchev–Trinajstić information content (AvgIpc) is 1.97. The smallest absolute Gasteiger partial charge is 0.306 e. The molecule has 0 aromatic rings. The summed E-state index contributed by atoms with van der Waals surface area (Å²) in [5, 5.41) is 25.7. The zero-order chi connectivity index (χ0) is 9.40. The van der Waals surface area contributed by atoms with Gasteiger partial charge < -0.3 is 15.3 Å².